The topological polar surface area (TPSA) is 128 Å². The molecular formula is C16H15N7O. The van der Waals surface area contributed by atoms with Gasteiger partial charge in [0.2, 0.25) is 5.91 Å². The first-order valence-corrected chi connectivity index (χ1v) is 7.46. The van der Waals surface area contributed by atoms with Crippen LogP contribution in [-0.2, 0) is 11.3 Å². The van der Waals surface area contributed by atoms with Gasteiger partial charge in [0.25, 0.3) is 0 Å². The molecule has 0 spiro atoms. The molecule has 0 saturated heterocycles. The third kappa shape index (κ3) is 2.34. The molecule has 3 heterocycles. The summed E-state index contributed by atoms with van der Waals surface area (Å²) in [6.07, 6.45) is 3.80. The number of amides is 1. The van der Waals surface area contributed by atoms with E-state index < -0.39 is 0 Å². The molecule has 120 valence electrons. The van der Waals surface area contributed by atoms with Crippen LogP contribution in [0.4, 0.5) is 5.82 Å². The van der Waals surface area contributed by atoms with Gasteiger partial charge in [0.1, 0.15) is 5.52 Å². The summed E-state index contributed by atoms with van der Waals surface area (Å²) in [4.78, 5) is 15.4. The molecule has 1 amide bonds. The van der Waals surface area contributed by atoms with E-state index in [9.17, 15) is 4.79 Å². The lowest BCUT2D eigenvalue weighted by molar-refractivity contribution is -0.118. The Morgan fingerprint density at radius 1 is 1.25 bits per heavy atom. The second-order valence-electron chi connectivity index (χ2n) is 5.57. The summed E-state index contributed by atoms with van der Waals surface area (Å²) < 4.78 is 1.68. The number of nitrogens with one attached hydrogen (secondary N) is 1. The minimum atomic E-state index is -0.366. The number of anilines is 1. The number of nitrogens with two attached hydrogens (primary N) is 2. The zero-order valence-electron chi connectivity index (χ0n) is 12.7. The van der Waals surface area contributed by atoms with E-state index in [4.69, 9.17) is 11.5 Å². The molecular weight excluding hydrogens is 306 g/mol. The number of nitrogen functional groups attached to an aromatic ring is 1. The van der Waals surface area contributed by atoms with Gasteiger partial charge in [0.05, 0.1) is 11.2 Å². The van der Waals surface area contributed by atoms with Crippen molar-refractivity contribution in [1.82, 2.24) is 25.0 Å². The fourth-order valence-corrected chi connectivity index (χ4v) is 2.77. The van der Waals surface area contributed by atoms with E-state index in [1.807, 2.05) is 30.5 Å². The summed E-state index contributed by atoms with van der Waals surface area (Å²) in [5, 5.41) is 13.2. The van der Waals surface area contributed by atoms with E-state index >= 15 is 0 Å². The average molecular weight is 321 g/mol. The molecule has 4 rings (SSSR count). The lowest BCUT2D eigenvalue weighted by atomic mass is 10.1. The summed E-state index contributed by atoms with van der Waals surface area (Å²) >= 11 is 0. The van der Waals surface area contributed by atoms with Crippen LogP contribution in [0.3, 0.4) is 0 Å². The molecule has 0 fully saturated rings. The van der Waals surface area contributed by atoms with Crippen molar-refractivity contribution in [3.63, 3.8) is 0 Å². The number of H-pyrrole nitrogens is 1. The highest BCUT2D eigenvalue weighted by Gasteiger charge is 2.12. The normalized spacial score (nSPS) is 11.3. The number of hydrogen-bond acceptors (Lipinski definition) is 5. The highest BCUT2D eigenvalue weighted by molar-refractivity contribution is 6.08. The van der Waals surface area contributed by atoms with Gasteiger partial charge < -0.3 is 11.5 Å². The average Bonchev–Trinajstić information content (AvgIpc) is 3.22. The molecule has 5 N–H and O–H groups in total. The van der Waals surface area contributed by atoms with E-state index in [1.54, 1.807) is 10.9 Å². The molecule has 8 heteroatoms. The summed E-state index contributed by atoms with van der Waals surface area (Å²) in [5.74, 6) is -0.00760. The van der Waals surface area contributed by atoms with E-state index in [0.29, 0.717) is 17.9 Å². The highest BCUT2D eigenvalue weighted by Crippen LogP contribution is 2.29. The standard InChI is InChI=1S/C16H15N7O/c17-14(24)4-6-23-8-11-10-2-1-9(12-3-5-19-21-12)7-13(10)20-16(18)15(11)22-23/h1-3,5,7-8H,4,6H2,(H2,17,24)(H2,18,20)(H,19,21). The predicted molar refractivity (Wildman–Crippen MR) is 90.8 cm³/mol. The Morgan fingerprint density at radius 3 is 2.88 bits per heavy atom. The molecule has 0 aliphatic carbocycles. The molecule has 4 aromatic rings. The largest absolute Gasteiger partial charge is 0.382 e. The molecule has 8 nitrogen and oxygen atoms in total. The Hall–Kier alpha value is -3.42. The SMILES string of the molecule is NC(=O)CCn1cc2c(n1)c(N)nc1cc(-c3ccn[nH]3)ccc12. The number of aryl methyl sites for hydroxylation is 1. The summed E-state index contributed by atoms with van der Waals surface area (Å²) in [5.41, 5.74) is 14.6. The number of benzene rings is 1. The number of aromatic amines is 1. The van der Waals surface area contributed by atoms with Crippen LogP contribution in [0.25, 0.3) is 33.1 Å². The van der Waals surface area contributed by atoms with Crippen LogP contribution in [-0.4, -0.2) is 30.9 Å². The number of aromatic nitrogens is 5. The maximum Gasteiger partial charge on any atom is 0.219 e. The van der Waals surface area contributed by atoms with Gasteiger partial charge in [-0.3, -0.25) is 14.6 Å². The Kier molecular flexibility index (Phi) is 3.16. The maximum atomic E-state index is 11.0. The molecule has 0 aliphatic heterocycles. The number of pyridine rings is 1. The lowest BCUT2D eigenvalue weighted by Crippen LogP contribution is -2.14. The quantitative estimate of drug-likeness (QED) is 0.524. The number of hydrogen-bond donors (Lipinski definition) is 3. The Balaban J connectivity index is 1.85. The van der Waals surface area contributed by atoms with Gasteiger partial charge in [-0.05, 0) is 12.1 Å². The molecule has 0 atom stereocenters. The molecule has 0 bridgehead atoms. The number of primary amides is 1. The van der Waals surface area contributed by atoms with Crippen molar-refractivity contribution >= 4 is 33.5 Å². The second-order valence-corrected chi connectivity index (χ2v) is 5.57. The van der Waals surface area contributed by atoms with Crippen molar-refractivity contribution in [2.75, 3.05) is 5.73 Å². The van der Waals surface area contributed by atoms with Gasteiger partial charge in [-0.2, -0.15) is 10.2 Å². The first-order valence-electron chi connectivity index (χ1n) is 7.46. The zero-order valence-corrected chi connectivity index (χ0v) is 12.7. The first-order chi connectivity index (χ1) is 11.6. The third-order valence-corrected chi connectivity index (χ3v) is 3.93. The van der Waals surface area contributed by atoms with Gasteiger partial charge in [0.15, 0.2) is 5.82 Å². The zero-order chi connectivity index (χ0) is 16.7. The fraction of sp³-hybridized carbons (Fsp3) is 0.125. The van der Waals surface area contributed by atoms with Gasteiger partial charge in [0, 0.05) is 41.7 Å². The van der Waals surface area contributed by atoms with Crippen molar-refractivity contribution in [2.45, 2.75) is 13.0 Å². The van der Waals surface area contributed by atoms with Crippen LogP contribution in [0, 0.1) is 0 Å². The number of carbonyl (C=O) groups is 1. The van der Waals surface area contributed by atoms with Gasteiger partial charge >= 0.3 is 0 Å². The van der Waals surface area contributed by atoms with Crippen LogP contribution in [0.5, 0.6) is 0 Å². The smallest absolute Gasteiger partial charge is 0.219 e. The molecule has 0 unspecified atom stereocenters. The molecule has 3 aromatic heterocycles. The van der Waals surface area contributed by atoms with Crippen LogP contribution >= 0.6 is 0 Å². The van der Waals surface area contributed by atoms with Gasteiger partial charge in [-0.1, -0.05) is 12.1 Å². The summed E-state index contributed by atoms with van der Waals surface area (Å²) in [7, 11) is 0. The lowest BCUT2D eigenvalue weighted by Gasteiger charge is -2.03. The van der Waals surface area contributed by atoms with E-state index in [0.717, 1.165) is 27.5 Å². The van der Waals surface area contributed by atoms with Gasteiger partial charge in [-0.25, -0.2) is 4.98 Å². The number of rotatable bonds is 4. The summed E-state index contributed by atoms with van der Waals surface area (Å²) in [6, 6.07) is 7.83. The molecule has 0 radical (unpaired) electrons. The van der Waals surface area contributed by atoms with E-state index in [-0.39, 0.29) is 12.3 Å². The minimum Gasteiger partial charge on any atom is -0.382 e. The van der Waals surface area contributed by atoms with Crippen LogP contribution in [0.2, 0.25) is 0 Å². The van der Waals surface area contributed by atoms with Crippen molar-refractivity contribution in [2.24, 2.45) is 5.73 Å². The molecule has 0 aliphatic rings. The first kappa shape index (κ1) is 14.2. The number of nitrogens with zero attached hydrogens (tertiary/aromatic N) is 4. The van der Waals surface area contributed by atoms with Crippen LogP contribution in [0.1, 0.15) is 6.42 Å². The number of carbonyl (C=O) groups excluding carboxylic acids is 1. The minimum absolute atomic E-state index is 0.225. The predicted octanol–water partition coefficient (Wildman–Crippen LogP) is 1.43. The van der Waals surface area contributed by atoms with Gasteiger partial charge in [-0.15, -0.1) is 0 Å². The fourth-order valence-electron chi connectivity index (χ4n) is 2.77. The van der Waals surface area contributed by atoms with Crippen molar-refractivity contribution in [3.05, 3.63) is 36.7 Å². The summed E-state index contributed by atoms with van der Waals surface area (Å²) in [6.45, 7) is 0.414. The van der Waals surface area contributed by atoms with Crippen molar-refractivity contribution < 1.29 is 4.79 Å². The second kappa shape index (κ2) is 5.34. The van der Waals surface area contributed by atoms with Crippen molar-refractivity contribution in [1.29, 1.82) is 0 Å². The van der Waals surface area contributed by atoms with Crippen LogP contribution < -0.4 is 11.5 Å². The van der Waals surface area contributed by atoms with Crippen molar-refractivity contribution in [3.8, 4) is 11.3 Å². The monoisotopic (exact) mass is 321 g/mol. The molecule has 1 aromatic carbocycles. The van der Waals surface area contributed by atoms with E-state index in [2.05, 4.69) is 20.3 Å². The molecule has 0 saturated carbocycles. The Bertz CT molecular complexity index is 1050. The third-order valence-electron chi connectivity index (χ3n) is 3.93. The van der Waals surface area contributed by atoms with E-state index in [1.165, 1.54) is 0 Å². The maximum absolute atomic E-state index is 11.0. The molecule has 24 heavy (non-hydrogen) atoms. The van der Waals surface area contributed by atoms with Crippen LogP contribution in [0.15, 0.2) is 36.7 Å². The Morgan fingerprint density at radius 2 is 2.12 bits per heavy atom. The highest BCUT2D eigenvalue weighted by atomic mass is 16.1. The Labute approximate surface area is 136 Å². The number of fused-ring (bicyclic) bond motifs is 3.